The predicted octanol–water partition coefficient (Wildman–Crippen LogP) is 2.16. The van der Waals surface area contributed by atoms with Crippen molar-refractivity contribution in [3.05, 3.63) is 39.8 Å². The van der Waals surface area contributed by atoms with Crippen molar-refractivity contribution in [3.8, 4) is 0 Å². The van der Waals surface area contributed by atoms with Crippen LogP contribution < -0.4 is 4.72 Å². The second kappa shape index (κ2) is 5.57. The van der Waals surface area contributed by atoms with E-state index in [2.05, 4.69) is 4.72 Å². The number of sulfonamides is 1. The van der Waals surface area contributed by atoms with E-state index >= 15 is 0 Å². The maximum Gasteiger partial charge on any atom is 0.242 e. The Balaban J connectivity index is 1.79. The largest absolute Gasteiger partial charge is 0.390 e. The van der Waals surface area contributed by atoms with Crippen LogP contribution in [0.25, 0.3) is 0 Å². The molecule has 7 heteroatoms. The van der Waals surface area contributed by atoms with Crippen LogP contribution in [0.3, 0.4) is 0 Å². The molecule has 0 unspecified atom stereocenters. The summed E-state index contributed by atoms with van der Waals surface area (Å²) in [6.07, 6.45) is 3.72. The Morgan fingerprint density at radius 1 is 1.43 bits per heavy atom. The molecule has 114 valence electrons. The molecule has 1 saturated carbocycles. The van der Waals surface area contributed by atoms with Crippen LogP contribution in [0.15, 0.2) is 27.9 Å². The molecule has 2 aromatic rings. The molecular weight excluding hydrogens is 308 g/mol. The van der Waals surface area contributed by atoms with Gasteiger partial charge < -0.3 is 9.67 Å². The number of aliphatic hydroxyl groups excluding tert-OH is 1. The molecule has 0 saturated heterocycles. The monoisotopic (exact) mass is 326 g/mol. The number of hydrogen-bond donors (Lipinski definition) is 2. The average molecular weight is 326 g/mol. The zero-order valence-electron chi connectivity index (χ0n) is 11.7. The summed E-state index contributed by atoms with van der Waals surface area (Å²) >= 11 is 1.56. The van der Waals surface area contributed by atoms with E-state index in [0.29, 0.717) is 18.3 Å². The predicted molar refractivity (Wildman–Crippen MR) is 81.7 cm³/mol. The maximum absolute atomic E-state index is 12.4. The second-order valence-corrected chi connectivity index (χ2v) is 7.88. The van der Waals surface area contributed by atoms with E-state index in [-0.39, 0.29) is 11.5 Å². The van der Waals surface area contributed by atoms with E-state index in [1.807, 2.05) is 22.3 Å². The lowest BCUT2D eigenvalue weighted by Crippen LogP contribution is -2.23. The van der Waals surface area contributed by atoms with Gasteiger partial charge in [-0.25, -0.2) is 13.1 Å². The van der Waals surface area contributed by atoms with Gasteiger partial charge in [-0.05, 0) is 47.7 Å². The van der Waals surface area contributed by atoms with Crippen LogP contribution in [0, 0.1) is 6.92 Å². The van der Waals surface area contributed by atoms with Gasteiger partial charge in [0.1, 0.15) is 0 Å². The molecule has 2 N–H and O–H groups in total. The molecule has 1 fully saturated rings. The third kappa shape index (κ3) is 3.06. The molecule has 0 amide bonds. The lowest BCUT2D eigenvalue weighted by atomic mass is 10.2. The van der Waals surface area contributed by atoms with E-state index in [4.69, 9.17) is 0 Å². The molecule has 1 aliphatic rings. The first-order chi connectivity index (χ1) is 10.0. The van der Waals surface area contributed by atoms with Gasteiger partial charge in [0, 0.05) is 24.5 Å². The summed E-state index contributed by atoms with van der Waals surface area (Å²) < 4.78 is 29.2. The minimum Gasteiger partial charge on any atom is -0.390 e. The first-order valence-corrected chi connectivity index (χ1v) is 9.27. The molecule has 21 heavy (non-hydrogen) atoms. The van der Waals surface area contributed by atoms with Crippen molar-refractivity contribution in [2.24, 2.45) is 0 Å². The Kier molecular flexibility index (Phi) is 3.92. The maximum atomic E-state index is 12.4. The number of aryl methyl sites for hydroxylation is 1. The first kappa shape index (κ1) is 14.8. The molecule has 0 spiro atoms. The highest BCUT2D eigenvalue weighted by Crippen LogP contribution is 2.37. The summed E-state index contributed by atoms with van der Waals surface area (Å²) in [5.74, 6) is 0. The van der Waals surface area contributed by atoms with E-state index in [0.717, 1.165) is 24.0 Å². The number of thiophene rings is 1. The van der Waals surface area contributed by atoms with Crippen LogP contribution in [0.1, 0.15) is 35.7 Å². The number of nitrogens with one attached hydrogen (secondary N) is 1. The van der Waals surface area contributed by atoms with E-state index < -0.39 is 10.0 Å². The Bertz CT molecular complexity index is 742. The lowest BCUT2D eigenvalue weighted by molar-refractivity contribution is 0.270. The highest BCUT2D eigenvalue weighted by atomic mass is 32.2. The summed E-state index contributed by atoms with van der Waals surface area (Å²) in [7, 11) is -3.55. The van der Waals surface area contributed by atoms with Gasteiger partial charge in [-0.2, -0.15) is 11.3 Å². The van der Waals surface area contributed by atoms with Gasteiger partial charge in [0.2, 0.25) is 10.0 Å². The molecule has 2 aromatic heterocycles. The van der Waals surface area contributed by atoms with Crippen molar-refractivity contribution < 1.29 is 13.5 Å². The summed E-state index contributed by atoms with van der Waals surface area (Å²) in [6, 6.07) is 1.90. The fourth-order valence-electron chi connectivity index (χ4n) is 2.29. The molecule has 0 bridgehead atoms. The Labute approximate surface area is 128 Å². The fourth-order valence-corrected chi connectivity index (χ4v) is 4.20. The van der Waals surface area contributed by atoms with Crippen LogP contribution in [0.2, 0.25) is 0 Å². The van der Waals surface area contributed by atoms with Crippen molar-refractivity contribution in [3.63, 3.8) is 0 Å². The van der Waals surface area contributed by atoms with Gasteiger partial charge in [-0.1, -0.05) is 0 Å². The van der Waals surface area contributed by atoms with Gasteiger partial charge in [-0.3, -0.25) is 0 Å². The third-order valence-electron chi connectivity index (χ3n) is 3.73. The molecule has 0 atom stereocenters. The Morgan fingerprint density at radius 3 is 2.76 bits per heavy atom. The van der Waals surface area contributed by atoms with Crippen LogP contribution in [0.4, 0.5) is 0 Å². The Morgan fingerprint density at radius 2 is 2.19 bits per heavy atom. The highest BCUT2D eigenvalue weighted by molar-refractivity contribution is 7.89. The molecule has 2 heterocycles. The third-order valence-corrected chi connectivity index (χ3v) is 6.01. The van der Waals surface area contributed by atoms with Gasteiger partial charge in [0.15, 0.2) is 0 Å². The molecule has 5 nitrogen and oxygen atoms in total. The van der Waals surface area contributed by atoms with E-state index in [1.54, 1.807) is 23.6 Å². The van der Waals surface area contributed by atoms with Crippen molar-refractivity contribution in [1.82, 2.24) is 9.29 Å². The van der Waals surface area contributed by atoms with Gasteiger partial charge in [0.05, 0.1) is 11.5 Å². The first-order valence-electron chi connectivity index (χ1n) is 6.84. The number of aliphatic hydroxyl groups is 1. The van der Waals surface area contributed by atoms with Crippen molar-refractivity contribution in [2.75, 3.05) is 0 Å². The summed E-state index contributed by atoms with van der Waals surface area (Å²) in [6.45, 7) is 2.12. The van der Waals surface area contributed by atoms with Crippen LogP contribution in [0.5, 0.6) is 0 Å². The topological polar surface area (TPSA) is 71.3 Å². The van der Waals surface area contributed by atoms with Crippen LogP contribution in [-0.4, -0.2) is 18.1 Å². The smallest absolute Gasteiger partial charge is 0.242 e. The number of nitrogens with zero attached hydrogens (tertiary/aromatic N) is 1. The van der Waals surface area contributed by atoms with Crippen molar-refractivity contribution in [1.29, 1.82) is 0 Å². The van der Waals surface area contributed by atoms with Gasteiger partial charge in [-0.15, -0.1) is 0 Å². The molecular formula is C14H18N2O3S2. The minimum absolute atomic E-state index is 0.143. The standard InChI is InChI=1S/C14H18N2O3S2/c1-10-8-20-9-11(10)5-15-21(18,19)14-4-13(7-17)16(6-14)12-2-3-12/h4,6,8-9,12,15,17H,2-3,5,7H2,1H3. The zero-order valence-corrected chi connectivity index (χ0v) is 13.4. The van der Waals surface area contributed by atoms with Crippen molar-refractivity contribution in [2.45, 2.75) is 43.9 Å². The molecule has 0 radical (unpaired) electrons. The fraction of sp³-hybridized carbons (Fsp3) is 0.429. The highest BCUT2D eigenvalue weighted by Gasteiger charge is 2.28. The summed E-state index contributed by atoms with van der Waals surface area (Å²) in [5, 5.41) is 13.3. The Hall–Kier alpha value is -1.15. The molecule has 1 aliphatic carbocycles. The van der Waals surface area contributed by atoms with Gasteiger partial charge >= 0.3 is 0 Å². The number of aromatic nitrogens is 1. The van der Waals surface area contributed by atoms with Crippen LogP contribution >= 0.6 is 11.3 Å². The van der Waals surface area contributed by atoms with Gasteiger partial charge in [0.25, 0.3) is 0 Å². The summed E-state index contributed by atoms with van der Waals surface area (Å²) in [4.78, 5) is 0.228. The molecule has 0 aliphatic heterocycles. The van der Waals surface area contributed by atoms with Crippen molar-refractivity contribution >= 4 is 21.4 Å². The van der Waals surface area contributed by atoms with E-state index in [1.165, 1.54) is 0 Å². The number of rotatable bonds is 6. The lowest BCUT2D eigenvalue weighted by Gasteiger charge is -2.05. The van der Waals surface area contributed by atoms with Crippen LogP contribution in [-0.2, 0) is 23.2 Å². The second-order valence-electron chi connectivity index (χ2n) is 5.37. The zero-order chi connectivity index (χ0) is 15.0. The molecule has 3 rings (SSSR count). The molecule has 0 aromatic carbocycles. The number of hydrogen-bond acceptors (Lipinski definition) is 4. The normalized spacial score (nSPS) is 15.5. The SMILES string of the molecule is Cc1cscc1CNS(=O)(=O)c1cc(CO)n(C2CC2)c1. The summed E-state index contributed by atoms with van der Waals surface area (Å²) in [5.41, 5.74) is 2.74. The van der Waals surface area contributed by atoms with E-state index in [9.17, 15) is 13.5 Å². The average Bonchev–Trinajstić information content (AvgIpc) is 3.06. The quantitative estimate of drug-likeness (QED) is 0.854. The minimum atomic E-state index is -3.55.